The molecule has 0 aliphatic carbocycles. The summed E-state index contributed by atoms with van der Waals surface area (Å²) >= 11 is 1.49. The largest absolute Gasteiger partial charge is 0.461 e. The number of esters is 1. The SMILES string of the molecule is C=CC[C@@H](CCO[Si](c1ccccc1)(c1ccccc1)C(C)(C)C)OC(=O)C(Sc1ccccc1)C1OCOCC1C. The van der Waals surface area contributed by atoms with Crippen LogP contribution in [0.4, 0.5) is 0 Å². The summed E-state index contributed by atoms with van der Waals surface area (Å²) in [7, 11) is -2.69. The highest BCUT2D eigenvalue weighted by Crippen LogP contribution is 2.37. The average Bonchev–Trinajstić information content (AvgIpc) is 2.99. The lowest BCUT2D eigenvalue weighted by molar-refractivity contribution is -0.178. The van der Waals surface area contributed by atoms with E-state index in [9.17, 15) is 4.79 Å². The molecule has 1 saturated heterocycles. The predicted octanol–water partition coefficient (Wildman–Crippen LogP) is 6.61. The van der Waals surface area contributed by atoms with E-state index in [2.05, 4.69) is 82.8 Å². The van der Waals surface area contributed by atoms with Gasteiger partial charge in [0.2, 0.25) is 0 Å². The third-order valence-electron chi connectivity index (χ3n) is 7.71. The molecule has 1 aliphatic rings. The molecule has 0 aromatic heterocycles. The van der Waals surface area contributed by atoms with Gasteiger partial charge in [-0.1, -0.05) is 113 Å². The number of rotatable bonds is 13. The highest BCUT2D eigenvalue weighted by molar-refractivity contribution is 8.00. The molecule has 42 heavy (non-hydrogen) atoms. The van der Waals surface area contributed by atoms with E-state index in [1.54, 1.807) is 0 Å². The van der Waals surface area contributed by atoms with E-state index < -0.39 is 13.6 Å². The molecule has 1 heterocycles. The van der Waals surface area contributed by atoms with Gasteiger partial charge in [0, 0.05) is 30.3 Å². The maximum atomic E-state index is 13.8. The fourth-order valence-electron chi connectivity index (χ4n) is 5.65. The highest BCUT2D eigenvalue weighted by atomic mass is 32.2. The summed E-state index contributed by atoms with van der Waals surface area (Å²) in [6, 6.07) is 31.1. The Labute approximate surface area is 256 Å². The van der Waals surface area contributed by atoms with Crippen molar-refractivity contribution in [3.63, 3.8) is 0 Å². The second-order valence-corrected chi connectivity index (χ2v) is 17.4. The number of hydrogen-bond donors (Lipinski definition) is 0. The van der Waals surface area contributed by atoms with Gasteiger partial charge in [-0.3, -0.25) is 4.79 Å². The van der Waals surface area contributed by atoms with Gasteiger partial charge in [-0.05, 0) is 27.5 Å². The van der Waals surface area contributed by atoms with E-state index in [4.69, 9.17) is 18.6 Å². The summed E-state index contributed by atoms with van der Waals surface area (Å²) in [5.41, 5.74) is 0. The Morgan fingerprint density at radius 1 is 1.00 bits per heavy atom. The monoisotopic (exact) mass is 604 g/mol. The van der Waals surface area contributed by atoms with Crippen LogP contribution in [-0.2, 0) is 23.4 Å². The minimum Gasteiger partial charge on any atom is -0.461 e. The van der Waals surface area contributed by atoms with E-state index in [1.165, 1.54) is 22.1 Å². The molecule has 1 aliphatic heterocycles. The smallest absolute Gasteiger partial charge is 0.322 e. The first-order valence-corrected chi connectivity index (χ1v) is 17.5. The van der Waals surface area contributed by atoms with Gasteiger partial charge < -0.3 is 18.6 Å². The van der Waals surface area contributed by atoms with Crippen LogP contribution in [0.3, 0.4) is 0 Å². The van der Waals surface area contributed by atoms with Crippen LogP contribution < -0.4 is 10.4 Å². The van der Waals surface area contributed by atoms with Crippen molar-refractivity contribution in [2.75, 3.05) is 20.0 Å². The van der Waals surface area contributed by atoms with Gasteiger partial charge in [-0.25, -0.2) is 0 Å². The van der Waals surface area contributed by atoms with Crippen molar-refractivity contribution in [3.05, 3.63) is 104 Å². The Morgan fingerprint density at radius 3 is 2.10 bits per heavy atom. The van der Waals surface area contributed by atoms with Crippen LogP contribution in [0.5, 0.6) is 0 Å². The molecule has 0 radical (unpaired) electrons. The summed E-state index contributed by atoms with van der Waals surface area (Å²) in [5, 5.41) is 1.81. The maximum absolute atomic E-state index is 13.8. The molecule has 3 aromatic rings. The van der Waals surface area contributed by atoms with Crippen molar-refractivity contribution >= 4 is 36.4 Å². The molecule has 0 saturated carbocycles. The molecular formula is C35H44O5SSi. The van der Waals surface area contributed by atoms with Crippen LogP contribution in [0.1, 0.15) is 40.5 Å². The van der Waals surface area contributed by atoms with Crippen LogP contribution >= 0.6 is 11.8 Å². The van der Waals surface area contributed by atoms with Crippen LogP contribution in [0.25, 0.3) is 0 Å². The second kappa shape index (κ2) is 15.2. The Balaban J connectivity index is 1.54. The van der Waals surface area contributed by atoms with Gasteiger partial charge in [-0.15, -0.1) is 18.3 Å². The summed E-state index contributed by atoms with van der Waals surface area (Å²) in [6.07, 6.45) is 2.25. The molecule has 0 spiro atoms. The van der Waals surface area contributed by atoms with Gasteiger partial charge in [-0.2, -0.15) is 0 Å². The second-order valence-electron chi connectivity index (χ2n) is 11.8. The van der Waals surface area contributed by atoms with Crippen LogP contribution in [-0.4, -0.2) is 51.8 Å². The minimum absolute atomic E-state index is 0.0591. The Bertz CT molecular complexity index is 1210. The number of thioether (sulfide) groups is 1. The summed E-state index contributed by atoms with van der Waals surface area (Å²) in [6.45, 7) is 14.0. The molecule has 3 unspecified atom stereocenters. The molecule has 224 valence electrons. The quantitative estimate of drug-likeness (QED) is 0.0947. The highest BCUT2D eigenvalue weighted by Gasteiger charge is 2.50. The lowest BCUT2D eigenvalue weighted by atomic mass is 10.0. The molecule has 7 heteroatoms. The van der Waals surface area contributed by atoms with E-state index >= 15 is 0 Å². The number of hydrogen-bond acceptors (Lipinski definition) is 6. The van der Waals surface area contributed by atoms with Crippen molar-refractivity contribution in [2.45, 2.75) is 67.9 Å². The third-order valence-corrected chi connectivity index (χ3v) is 14.0. The van der Waals surface area contributed by atoms with Crippen molar-refractivity contribution in [1.82, 2.24) is 0 Å². The zero-order chi connectivity index (χ0) is 30.0. The van der Waals surface area contributed by atoms with Gasteiger partial charge in [0.1, 0.15) is 18.1 Å². The molecule has 0 N–H and O–H groups in total. The average molecular weight is 605 g/mol. The standard InChI is InChI=1S/C35H44O5SSi/c1-6-16-28(40-34(36)33(32-27(2)25-37-26-38-32)41-29-17-10-7-11-18-29)23-24-39-42(35(3,4)5,30-19-12-8-13-20-30)31-21-14-9-15-22-31/h6-15,17-22,27-28,32-33H,1,16,23-26H2,2-5H3/t27?,28-,32?,33?/m0/s1. The van der Waals surface area contributed by atoms with Gasteiger partial charge >= 0.3 is 5.97 Å². The Hall–Kier alpha value is -2.68. The fourth-order valence-corrected chi connectivity index (χ4v) is 11.5. The van der Waals surface area contributed by atoms with E-state index in [0.717, 1.165) is 4.90 Å². The fraction of sp³-hybridized carbons (Fsp3) is 0.400. The summed E-state index contributed by atoms with van der Waals surface area (Å²) in [4.78, 5) is 14.8. The number of carbonyl (C=O) groups excluding carboxylic acids is 1. The molecule has 5 nitrogen and oxygen atoms in total. The van der Waals surface area contributed by atoms with Crippen LogP contribution in [0.2, 0.25) is 5.04 Å². The van der Waals surface area contributed by atoms with E-state index in [0.29, 0.717) is 26.1 Å². The lowest BCUT2D eigenvalue weighted by Gasteiger charge is -2.43. The van der Waals surface area contributed by atoms with Crippen molar-refractivity contribution < 1.29 is 23.4 Å². The van der Waals surface area contributed by atoms with Gasteiger partial charge in [0.05, 0.1) is 12.7 Å². The Morgan fingerprint density at radius 2 is 1.57 bits per heavy atom. The summed E-state index contributed by atoms with van der Waals surface area (Å²) < 4.78 is 24.8. The third kappa shape index (κ3) is 7.82. The number of benzene rings is 3. The molecule has 1 fully saturated rings. The molecule has 3 aromatic carbocycles. The minimum atomic E-state index is -2.69. The van der Waals surface area contributed by atoms with Crippen LogP contribution in [0.15, 0.2) is 109 Å². The molecular weight excluding hydrogens is 561 g/mol. The molecule has 0 amide bonds. The van der Waals surface area contributed by atoms with Crippen molar-refractivity contribution in [1.29, 1.82) is 0 Å². The van der Waals surface area contributed by atoms with Crippen molar-refractivity contribution in [2.24, 2.45) is 5.92 Å². The maximum Gasteiger partial charge on any atom is 0.322 e. The van der Waals surface area contributed by atoms with E-state index in [1.807, 2.05) is 48.5 Å². The zero-order valence-electron chi connectivity index (χ0n) is 25.2. The first kappa shape index (κ1) is 32.2. The number of carbonyl (C=O) groups is 1. The molecule has 0 bridgehead atoms. The van der Waals surface area contributed by atoms with Crippen molar-refractivity contribution in [3.8, 4) is 0 Å². The molecule has 4 rings (SSSR count). The van der Waals surface area contributed by atoms with Gasteiger partial charge in [0.15, 0.2) is 0 Å². The predicted molar refractivity (Wildman–Crippen MR) is 174 cm³/mol. The lowest BCUT2D eigenvalue weighted by Crippen LogP contribution is -2.66. The first-order valence-electron chi connectivity index (χ1n) is 14.7. The first-order chi connectivity index (χ1) is 20.3. The zero-order valence-corrected chi connectivity index (χ0v) is 27.1. The van der Waals surface area contributed by atoms with Crippen LogP contribution in [0, 0.1) is 5.92 Å². The topological polar surface area (TPSA) is 54.0 Å². The van der Waals surface area contributed by atoms with E-state index in [-0.39, 0.29) is 35.9 Å². The van der Waals surface area contributed by atoms with Gasteiger partial charge in [0.25, 0.3) is 8.32 Å². The number of ether oxygens (including phenoxy) is 3. The Kier molecular flexibility index (Phi) is 11.6. The normalized spacial score (nSPS) is 19.0. The molecule has 4 atom stereocenters. The summed E-state index contributed by atoms with van der Waals surface area (Å²) in [5.74, 6) is -0.219.